The number of nitrogens with zero attached hydrogens (tertiary/aromatic N) is 3. The van der Waals surface area contributed by atoms with E-state index in [1.54, 1.807) is 14.2 Å². The summed E-state index contributed by atoms with van der Waals surface area (Å²) in [5.41, 5.74) is 7.74. The highest BCUT2D eigenvalue weighted by atomic mass is 16.5. The summed E-state index contributed by atoms with van der Waals surface area (Å²) in [5, 5.41) is 6.16. The molecule has 1 fully saturated rings. The summed E-state index contributed by atoms with van der Waals surface area (Å²) in [5.74, 6) is 1.60. The van der Waals surface area contributed by atoms with Gasteiger partial charge in [0.15, 0.2) is 5.96 Å². The molecule has 0 aliphatic carbocycles. The standard InChI is InChI=1S/C20H34N6O2/c1-22-9-12-25(3)19(27)15-7-10-26(11-8-15)14-16-13-17(24-20(21)23-2)5-6-18(16)28-4/h5-6,13,15,22H,7-12,14H2,1-4H3,(H3,21,23,24). The van der Waals surface area contributed by atoms with Crippen LogP contribution in [0.2, 0.25) is 0 Å². The Balaban J connectivity index is 1.94. The fraction of sp³-hybridized carbons (Fsp3) is 0.600. The summed E-state index contributed by atoms with van der Waals surface area (Å²) in [6, 6.07) is 5.90. The number of hydrogen-bond donors (Lipinski definition) is 3. The molecule has 0 saturated carbocycles. The smallest absolute Gasteiger partial charge is 0.225 e. The van der Waals surface area contributed by atoms with Gasteiger partial charge in [0.25, 0.3) is 0 Å². The topological polar surface area (TPSA) is 95.2 Å². The second-order valence-corrected chi connectivity index (χ2v) is 7.17. The minimum absolute atomic E-state index is 0.119. The molecule has 4 N–H and O–H groups in total. The Labute approximate surface area is 168 Å². The zero-order valence-electron chi connectivity index (χ0n) is 17.5. The van der Waals surface area contributed by atoms with E-state index in [0.717, 1.165) is 62.6 Å². The third-order valence-electron chi connectivity index (χ3n) is 5.20. The van der Waals surface area contributed by atoms with Crippen LogP contribution in [0.25, 0.3) is 0 Å². The number of amides is 1. The van der Waals surface area contributed by atoms with Crippen molar-refractivity contribution in [3.8, 4) is 5.75 Å². The highest BCUT2D eigenvalue weighted by molar-refractivity contribution is 5.92. The lowest BCUT2D eigenvalue weighted by atomic mass is 9.95. The van der Waals surface area contributed by atoms with Crippen LogP contribution >= 0.6 is 0 Å². The number of nitrogens with two attached hydrogens (primary N) is 1. The number of guanidine groups is 1. The van der Waals surface area contributed by atoms with Crippen molar-refractivity contribution in [2.24, 2.45) is 16.6 Å². The van der Waals surface area contributed by atoms with E-state index in [1.807, 2.05) is 37.2 Å². The molecule has 0 atom stereocenters. The molecular weight excluding hydrogens is 356 g/mol. The van der Waals surface area contributed by atoms with Crippen molar-refractivity contribution in [1.29, 1.82) is 0 Å². The molecule has 2 rings (SSSR count). The molecule has 1 amide bonds. The largest absolute Gasteiger partial charge is 0.496 e. The number of ether oxygens (including phenoxy) is 1. The number of hydrogen-bond acceptors (Lipinski definition) is 5. The molecule has 1 heterocycles. The Bertz CT molecular complexity index is 671. The van der Waals surface area contributed by atoms with Crippen LogP contribution in [-0.4, -0.2) is 76.1 Å². The first kappa shape index (κ1) is 22.0. The molecule has 0 spiro atoms. The Morgan fingerprint density at radius 1 is 1.39 bits per heavy atom. The monoisotopic (exact) mass is 390 g/mol. The van der Waals surface area contributed by atoms with E-state index in [0.29, 0.717) is 5.96 Å². The second-order valence-electron chi connectivity index (χ2n) is 7.17. The van der Waals surface area contributed by atoms with Crippen molar-refractivity contribution in [1.82, 2.24) is 15.1 Å². The van der Waals surface area contributed by atoms with Crippen LogP contribution < -0.4 is 21.1 Å². The first-order valence-corrected chi connectivity index (χ1v) is 9.76. The molecule has 1 aliphatic heterocycles. The Morgan fingerprint density at radius 3 is 2.71 bits per heavy atom. The highest BCUT2D eigenvalue weighted by Gasteiger charge is 2.27. The van der Waals surface area contributed by atoms with Crippen LogP contribution in [0, 0.1) is 5.92 Å². The van der Waals surface area contributed by atoms with Gasteiger partial charge in [0.05, 0.1) is 7.11 Å². The Morgan fingerprint density at radius 2 is 2.11 bits per heavy atom. The summed E-state index contributed by atoms with van der Waals surface area (Å²) in [6.45, 7) is 4.14. The zero-order chi connectivity index (χ0) is 20.5. The van der Waals surface area contributed by atoms with Crippen LogP contribution in [0.4, 0.5) is 5.69 Å². The Kier molecular flexibility index (Phi) is 8.53. The van der Waals surface area contributed by atoms with Gasteiger partial charge >= 0.3 is 0 Å². The maximum Gasteiger partial charge on any atom is 0.225 e. The molecule has 1 aliphatic rings. The number of likely N-dealkylation sites (tertiary alicyclic amines) is 1. The molecule has 1 aromatic carbocycles. The van der Waals surface area contributed by atoms with Crippen molar-refractivity contribution in [2.75, 3.05) is 59.7 Å². The van der Waals surface area contributed by atoms with Crippen LogP contribution in [0.1, 0.15) is 18.4 Å². The van der Waals surface area contributed by atoms with Crippen molar-refractivity contribution >= 4 is 17.6 Å². The second kappa shape index (κ2) is 10.9. The number of carbonyl (C=O) groups excluding carboxylic acids is 1. The predicted molar refractivity (Wildman–Crippen MR) is 114 cm³/mol. The molecule has 1 saturated heterocycles. The van der Waals surface area contributed by atoms with Gasteiger partial charge in [-0.3, -0.25) is 14.7 Å². The molecule has 8 nitrogen and oxygen atoms in total. The van der Waals surface area contributed by atoms with E-state index in [-0.39, 0.29) is 11.8 Å². The van der Waals surface area contributed by atoms with Crippen molar-refractivity contribution in [2.45, 2.75) is 19.4 Å². The van der Waals surface area contributed by atoms with E-state index < -0.39 is 0 Å². The summed E-state index contributed by atoms with van der Waals surface area (Å²) in [6.07, 6.45) is 1.77. The first-order valence-electron chi connectivity index (χ1n) is 9.76. The molecule has 8 heteroatoms. The van der Waals surface area contributed by atoms with Crippen LogP contribution in [0.3, 0.4) is 0 Å². The van der Waals surface area contributed by atoms with Gasteiger partial charge in [-0.1, -0.05) is 0 Å². The zero-order valence-corrected chi connectivity index (χ0v) is 17.5. The maximum absolute atomic E-state index is 12.6. The third-order valence-corrected chi connectivity index (χ3v) is 5.20. The van der Waals surface area contributed by atoms with Gasteiger partial charge in [0.2, 0.25) is 5.91 Å². The molecule has 0 radical (unpaired) electrons. The molecule has 1 aromatic rings. The Hall–Kier alpha value is -2.32. The summed E-state index contributed by atoms with van der Waals surface area (Å²) in [4.78, 5) is 20.7. The number of likely N-dealkylation sites (N-methyl/N-ethyl adjacent to an activating group) is 2. The average molecular weight is 391 g/mol. The number of methoxy groups -OCH3 is 1. The lowest BCUT2D eigenvalue weighted by Crippen LogP contribution is -2.42. The number of anilines is 1. The minimum atomic E-state index is 0.119. The van der Waals surface area contributed by atoms with Crippen LogP contribution in [-0.2, 0) is 11.3 Å². The normalized spacial score (nSPS) is 16.1. The summed E-state index contributed by atoms with van der Waals surface area (Å²) in [7, 11) is 7.12. The van der Waals surface area contributed by atoms with E-state index in [4.69, 9.17) is 10.5 Å². The summed E-state index contributed by atoms with van der Waals surface area (Å²) >= 11 is 0. The van der Waals surface area contributed by atoms with Crippen LogP contribution in [0.15, 0.2) is 23.2 Å². The van der Waals surface area contributed by atoms with Gasteiger partial charge in [0, 0.05) is 50.9 Å². The number of nitrogens with one attached hydrogen (secondary N) is 2. The number of rotatable bonds is 8. The van der Waals surface area contributed by atoms with Crippen molar-refractivity contribution < 1.29 is 9.53 Å². The van der Waals surface area contributed by atoms with Crippen molar-refractivity contribution in [3.05, 3.63) is 23.8 Å². The molecule has 0 unspecified atom stereocenters. The molecule has 28 heavy (non-hydrogen) atoms. The number of benzene rings is 1. The average Bonchev–Trinajstić information content (AvgIpc) is 2.72. The third kappa shape index (κ3) is 6.10. The van der Waals surface area contributed by atoms with E-state index >= 15 is 0 Å². The van der Waals surface area contributed by atoms with Gasteiger partial charge in [-0.15, -0.1) is 0 Å². The molecular formula is C20H34N6O2. The van der Waals surface area contributed by atoms with Gasteiger partial charge in [-0.05, 0) is 51.2 Å². The lowest BCUT2D eigenvalue weighted by molar-refractivity contribution is -0.135. The number of piperidine rings is 1. The van der Waals surface area contributed by atoms with E-state index in [9.17, 15) is 4.79 Å². The van der Waals surface area contributed by atoms with Crippen molar-refractivity contribution in [3.63, 3.8) is 0 Å². The SMILES string of the molecule is CN=C(N)Nc1ccc(OC)c(CN2CCC(C(=O)N(C)CCNC)CC2)c1. The number of aliphatic imine (C=N–C) groups is 1. The van der Waals surface area contributed by atoms with Gasteiger partial charge < -0.3 is 26.0 Å². The predicted octanol–water partition coefficient (Wildman–Crippen LogP) is 0.941. The highest BCUT2D eigenvalue weighted by Crippen LogP contribution is 2.27. The van der Waals surface area contributed by atoms with E-state index in [1.165, 1.54) is 0 Å². The van der Waals surface area contributed by atoms with Gasteiger partial charge in [-0.25, -0.2) is 0 Å². The summed E-state index contributed by atoms with van der Waals surface area (Å²) < 4.78 is 5.52. The van der Waals surface area contributed by atoms with Crippen LogP contribution in [0.5, 0.6) is 5.75 Å². The molecule has 156 valence electrons. The number of carbonyl (C=O) groups is 1. The quantitative estimate of drug-likeness (QED) is 0.452. The van der Waals surface area contributed by atoms with E-state index in [2.05, 4.69) is 20.5 Å². The first-order chi connectivity index (χ1) is 13.5. The fourth-order valence-corrected chi connectivity index (χ4v) is 3.46. The van der Waals surface area contributed by atoms with Gasteiger partial charge in [-0.2, -0.15) is 0 Å². The fourth-order valence-electron chi connectivity index (χ4n) is 3.46. The van der Waals surface area contributed by atoms with Gasteiger partial charge in [0.1, 0.15) is 5.75 Å². The maximum atomic E-state index is 12.6. The minimum Gasteiger partial charge on any atom is -0.496 e. The molecule has 0 bridgehead atoms. The molecule has 0 aromatic heterocycles. The lowest BCUT2D eigenvalue weighted by Gasteiger charge is -2.33.